The number of hydrogen-bond donors (Lipinski definition) is 1. The van der Waals surface area contributed by atoms with Gasteiger partial charge in [-0.05, 0) is 30.0 Å². The summed E-state index contributed by atoms with van der Waals surface area (Å²) in [7, 11) is 0. The zero-order chi connectivity index (χ0) is 13.1. The minimum absolute atomic E-state index is 0.750. The van der Waals surface area contributed by atoms with Crippen molar-refractivity contribution in [2.75, 3.05) is 11.4 Å². The van der Waals surface area contributed by atoms with Crippen LogP contribution in [0.5, 0.6) is 0 Å². The Balaban J connectivity index is 1.91. The summed E-state index contributed by atoms with van der Waals surface area (Å²) in [4.78, 5) is 2.15. The lowest BCUT2D eigenvalue weighted by atomic mass is 10.0. The van der Waals surface area contributed by atoms with Crippen LogP contribution in [0.4, 0.5) is 5.69 Å². The Morgan fingerprint density at radius 2 is 1.68 bits per heavy atom. The van der Waals surface area contributed by atoms with Gasteiger partial charge in [-0.15, -0.1) is 0 Å². The molecule has 1 N–H and O–H groups in total. The van der Waals surface area contributed by atoms with Gasteiger partial charge in [-0.1, -0.05) is 48.5 Å². The Labute approximate surface area is 114 Å². The first-order valence-electron chi connectivity index (χ1n) is 6.81. The molecule has 2 aromatic rings. The van der Waals surface area contributed by atoms with E-state index in [2.05, 4.69) is 53.4 Å². The topological polar surface area (TPSA) is 27.1 Å². The maximum Gasteiger partial charge on any atom is 0.100 e. The lowest BCUT2D eigenvalue weighted by molar-refractivity contribution is 0.951. The summed E-state index contributed by atoms with van der Waals surface area (Å²) in [5, 5.41) is 8.05. The highest BCUT2D eigenvalue weighted by molar-refractivity contribution is 5.98. The molecule has 0 bridgehead atoms. The molecule has 0 saturated carbocycles. The summed E-state index contributed by atoms with van der Waals surface area (Å²) in [5.41, 5.74) is 3.83. The van der Waals surface area contributed by atoms with Gasteiger partial charge in [0.05, 0.1) is 0 Å². The first-order valence-corrected chi connectivity index (χ1v) is 6.81. The van der Waals surface area contributed by atoms with Crippen LogP contribution in [0.1, 0.15) is 24.0 Å². The molecule has 1 fully saturated rings. The van der Waals surface area contributed by atoms with E-state index in [1.807, 2.05) is 6.07 Å². The lowest BCUT2D eigenvalue weighted by Crippen LogP contribution is -2.24. The van der Waals surface area contributed by atoms with Crippen LogP contribution in [-0.2, 0) is 6.42 Å². The third-order valence-corrected chi connectivity index (χ3v) is 3.64. The van der Waals surface area contributed by atoms with Crippen LogP contribution in [0, 0.1) is 5.41 Å². The van der Waals surface area contributed by atoms with E-state index in [1.54, 1.807) is 0 Å². The Bertz CT molecular complexity index is 575. The van der Waals surface area contributed by atoms with E-state index >= 15 is 0 Å². The number of rotatable bonds is 3. The van der Waals surface area contributed by atoms with Crippen LogP contribution in [0.2, 0.25) is 0 Å². The molecular formula is C17H18N2. The summed E-state index contributed by atoms with van der Waals surface area (Å²) in [6.07, 6.45) is 2.93. The lowest BCUT2D eigenvalue weighted by Gasteiger charge is -2.21. The third kappa shape index (κ3) is 2.53. The largest absolute Gasteiger partial charge is 0.330 e. The van der Waals surface area contributed by atoms with Crippen LogP contribution >= 0.6 is 0 Å². The van der Waals surface area contributed by atoms with E-state index in [1.165, 1.54) is 16.8 Å². The summed E-state index contributed by atoms with van der Waals surface area (Å²) in [6.45, 7) is 0.977. The van der Waals surface area contributed by atoms with Crippen molar-refractivity contribution < 1.29 is 0 Å². The summed E-state index contributed by atoms with van der Waals surface area (Å²) in [5.74, 6) is 0.750. The van der Waals surface area contributed by atoms with Crippen molar-refractivity contribution in [3.05, 3.63) is 65.7 Å². The van der Waals surface area contributed by atoms with Crippen molar-refractivity contribution in [2.45, 2.75) is 19.3 Å². The molecule has 0 aromatic heterocycles. The van der Waals surface area contributed by atoms with Gasteiger partial charge in [-0.3, -0.25) is 5.41 Å². The molecule has 0 aliphatic carbocycles. The van der Waals surface area contributed by atoms with Gasteiger partial charge in [0, 0.05) is 18.7 Å². The first-order chi connectivity index (χ1) is 9.34. The van der Waals surface area contributed by atoms with Crippen LogP contribution in [0.3, 0.4) is 0 Å². The van der Waals surface area contributed by atoms with Crippen LogP contribution < -0.4 is 4.90 Å². The maximum absolute atomic E-state index is 8.05. The van der Waals surface area contributed by atoms with E-state index in [0.29, 0.717) is 0 Å². The number of amidine groups is 1. The second-order valence-corrected chi connectivity index (χ2v) is 4.99. The zero-order valence-electron chi connectivity index (χ0n) is 11.0. The fraction of sp³-hybridized carbons (Fsp3) is 0.235. The monoisotopic (exact) mass is 250 g/mol. The Hall–Kier alpha value is -2.09. The predicted molar refractivity (Wildman–Crippen MR) is 80.0 cm³/mol. The summed E-state index contributed by atoms with van der Waals surface area (Å²) >= 11 is 0. The van der Waals surface area contributed by atoms with Gasteiger partial charge < -0.3 is 4.90 Å². The number of hydrogen-bond acceptors (Lipinski definition) is 1. The number of para-hydroxylation sites is 1. The normalized spacial score (nSPS) is 14.9. The van der Waals surface area contributed by atoms with Crippen LogP contribution in [0.15, 0.2) is 54.6 Å². The minimum Gasteiger partial charge on any atom is -0.330 e. The van der Waals surface area contributed by atoms with E-state index in [-0.39, 0.29) is 0 Å². The maximum atomic E-state index is 8.05. The Morgan fingerprint density at radius 1 is 0.947 bits per heavy atom. The number of anilines is 1. The molecule has 19 heavy (non-hydrogen) atoms. The van der Waals surface area contributed by atoms with Gasteiger partial charge in [-0.25, -0.2) is 0 Å². The smallest absolute Gasteiger partial charge is 0.100 e. The standard InChI is InChI=1S/C17H18N2/c18-17-11-6-12-19(17)16-10-5-4-9-15(16)13-14-7-2-1-3-8-14/h1-5,7-10,18H,6,11-13H2. The van der Waals surface area contributed by atoms with Crippen molar-refractivity contribution in [2.24, 2.45) is 0 Å². The van der Waals surface area contributed by atoms with Crippen LogP contribution in [0.25, 0.3) is 0 Å². The molecule has 1 aliphatic rings. The molecule has 0 radical (unpaired) electrons. The Kier molecular flexibility index (Phi) is 3.32. The highest BCUT2D eigenvalue weighted by Crippen LogP contribution is 2.27. The van der Waals surface area contributed by atoms with Crippen molar-refractivity contribution in [3.63, 3.8) is 0 Å². The van der Waals surface area contributed by atoms with Crippen molar-refractivity contribution >= 4 is 11.5 Å². The molecule has 1 aliphatic heterocycles. The molecule has 1 saturated heterocycles. The molecule has 0 atom stereocenters. The van der Waals surface area contributed by atoms with E-state index in [0.717, 1.165) is 31.6 Å². The van der Waals surface area contributed by atoms with Gasteiger partial charge >= 0.3 is 0 Å². The molecule has 1 heterocycles. The second-order valence-electron chi connectivity index (χ2n) is 4.99. The average molecular weight is 250 g/mol. The predicted octanol–water partition coefficient (Wildman–Crippen LogP) is 3.85. The van der Waals surface area contributed by atoms with Crippen molar-refractivity contribution in [3.8, 4) is 0 Å². The molecule has 0 unspecified atom stereocenters. The summed E-state index contributed by atoms with van der Waals surface area (Å²) < 4.78 is 0. The van der Waals surface area contributed by atoms with E-state index in [9.17, 15) is 0 Å². The molecule has 2 aromatic carbocycles. The molecule has 96 valence electrons. The third-order valence-electron chi connectivity index (χ3n) is 3.64. The Morgan fingerprint density at radius 3 is 2.42 bits per heavy atom. The van der Waals surface area contributed by atoms with Gasteiger partial charge in [0.15, 0.2) is 0 Å². The van der Waals surface area contributed by atoms with Gasteiger partial charge in [0.2, 0.25) is 0 Å². The fourth-order valence-electron chi connectivity index (χ4n) is 2.68. The van der Waals surface area contributed by atoms with E-state index in [4.69, 9.17) is 5.41 Å². The van der Waals surface area contributed by atoms with Gasteiger partial charge in [-0.2, -0.15) is 0 Å². The van der Waals surface area contributed by atoms with Gasteiger partial charge in [0.25, 0.3) is 0 Å². The second kappa shape index (κ2) is 5.27. The SMILES string of the molecule is N=C1CCCN1c1ccccc1Cc1ccccc1. The summed E-state index contributed by atoms with van der Waals surface area (Å²) in [6, 6.07) is 19.0. The average Bonchev–Trinajstić information content (AvgIpc) is 2.87. The van der Waals surface area contributed by atoms with Crippen molar-refractivity contribution in [1.82, 2.24) is 0 Å². The van der Waals surface area contributed by atoms with Crippen LogP contribution in [-0.4, -0.2) is 12.4 Å². The fourth-order valence-corrected chi connectivity index (χ4v) is 2.68. The minimum atomic E-state index is 0.750. The molecule has 2 heteroatoms. The highest BCUT2D eigenvalue weighted by Gasteiger charge is 2.20. The quantitative estimate of drug-likeness (QED) is 0.880. The molecule has 2 nitrogen and oxygen atoms in total. The molecule has 0 amide bonds. The van der Waals surface area contributed by atoms with E-state index < -0.39 is 0 Å². The first kappa shape index (κ1) is 12.0. The zero-order valence-corrected chi connectivity index (χ0v) is 11.0. The molecule has 0 spiro atoms. The molecule has 3 rings (SSSR count). The number of nitrogens with one attached hydrogen (secondary N) is 1. The highest BCUT2D eigenvalue weighted by atomic mass is 15.2. The van der Waals surface area contributed by atoms with Crippen molar-refractivity contribution in [1.29, 1.82) is 5.41 Å². The molecular weight excluding hydrogens is 232 g/mol. The van der Waals surface area contributed by atoms with Gasteiger partial charge in [0.1, 0.15) is 5.84 Å². The number of nitrogens with zero attached hydrogens (tertiary/aromatic N) is 1. The number of benzene rings is 2.